The second kappa shape index (κ2) is 10.1. The van der Waals surface area contributed by atoms with Gasteiger partial charge in [0, 0.05) is 16.3 Å². The van der Waals surface area contributed by atoms with Gasteiger partial charge in [-0.1, -0.05) is 71.9 Å². The van der Waals surface area contributed by atoms with Crippen molar-refractivity contribution in [1.29, 1.82) is 0 Å². The molecule has 0 spiro atoms. The van der Waals surface area contributed by atoms with E-state index < -0.39 is 0 Å². The molecule has 1 aromatic heterocycles. The number of aromatic nitrogens is 3. The molecule has 31 heavy (non-hydrogen) atoms. The molecule has 0 radical (unpaired) electrons. The monoisotopic (exact) mass is 447 g/mol. The van der Waals surface area contributed by atoms with Gasteiger partial charge in [0.15, 0.2) is 11.0 Å². The number of carbonyl (C=O) groups is 1. The molecule has 0 aliphatic heterocycles. The van der Waals surface area contributed by atoms with Gasteiger partial charge in [0.05, 0.1) is 12.0 Å². The number of hydrogen-bond donors (Lipinski definition) is 1. The number of carbonyl (C=O) groups excluding carboxylic acids is 1. The third-order valence-electron chi connectivity index (χ3n) is 4.28. The van der Waals surface area contributed by atoms with Gasteiger partial charge in [0.1, 0.15) is 0 Å². The summed E-state index contributed by atoms with van der Waals surface area (Å²) in [5.41, 5.74) is 5.24. The van der Waals surface area contributed by atoms with Crippen molar-refractivity contribution in [2.24, 2.45) is 5.10 Å². The topological polar surface area (TPSA) is 72.2 Å². The van der Waals surface area contributed by atoms with Crippen LogP contribution in [-0.2, 0) is 4.79 Å². The summed E-state index contributed by atoms with van der Waals surface area (Å²) in [6.45, 7) is 0. The average Bonchev–Trinajstić information content (AvgIpc) is 3.23. The summed E-state index contributed by atoms with van der Waals surface area (Å²) in [6, 6.07) is 26.7. The highest BCUT2D eigenvalue weighted by molar-refractivity contribution is 7.99. The Balaban J connectivity index is 1.51. The Bertz CT molecular complexity index is 1180. The fourth-order valence-corrected chi connectivity index (χ4v) is 3.71. The van der Waals surface area contributed by atoms with E-state index in [4.69, 9.17) is 11.6 Å². The van der Waals surface area contributed by atoms with Gasteiger partial charge in [-0.25, -0.2) is 5.43 Å². The summed E-state index contributed by atoms with van der Waals surface area (Å²) in [6.07, 6.45) is 1.60. The molecule has 0 saturated heterocycles. The average molecular weight is 448 g/mol. The lowest BCUT2D eigenvalue weighted by molar-refractivity contribution is -0.118. The van der Waals surface area contributed by atoms with Gasteiger partial charge in [-0.15, -0.1) is 10.2 Å². The molecule has 8 heteroatoms. The number of hydrogen-bond acceptors (Lipinski definition) is 5. The molecule has 1 amide bonds. The minimum Gasteiger partial charge on any atom is -0.272 e. The summed E-state index contributed by atoms with van der Waals surface area (Å²) >= 11 is 7.32. The lowest BCUT2D eigenvalue weighted by atomic mass is 10.2. The molecule has 0 aliphatic carbocycles. The number of nitrogens with zero attached hydrogens (tertiary/aromatic N) is 4. The Hall–Kier alpha value is -3.42. The minimum absolute atomic E-state index is 0.151. The number of benzene rings is 3. The van der Waals surface area contributed by atoms with Crippen molar-refractivity contribution in [2.75, 3.05) is 5.75 Å². The van der Waals surface area contributed by atoms with Crippen molar-refractivity contribution < 1.29 is 4.79 Å². The van der Waals surface area contributed by atoms with Crippen molar-refractivity contribution in [3.8, 4) is 17.1 Å². The predicted octanol–water partition coefficient (Wildman–Crippen LogP) is 4.83. The quantitative estimate of drug-likeness (QED) is 0.250. The fourth-order valence-electron chi connectivity index (χ4n) is 2.84. The smallest absolute Gasteiger partial charge is 0.250 e. The maximum atomic E-state index is 12.3. The highest BCUT2D eigenvalue weighted by atomic mass is 35.5. The van der Waals surface area contributed by atoms with Crippen molar-refractivity contribution in [1.82, 2.24) is 20.2 Å². The lowest BCUT2D eigenvalue weighted by Crippen LogP contribution is -2.20. The van der Waals surface area contributed by atoms with Crippen LogP contribution < -0.4 is 5.43 Å². The number of nitrogens with one attached hydrogen (secondary N) is 1. The van der Waals surface area contributed by atoms with E-state index in [1.807, 2.05) is 89.5 Å². The van der Waals surface area contributed by atoms with Crippen LogP contribution in [0.15, 0.2) is 95.2 Å². The van der Waals surface area contributed by atoms with Crippen LogP contribution in [0.5, 0.6) is 0 Å². The molecule has 4 aromatic rings. The molecule has 154 valence electrons. The molecule has 3 aromatic carbocycles. The van der Waals surface area contributed by atoms with Crippen molar-refractivity contribution in [2.45, 2.75) is 5.16 Å². The molecule has 0 aliphatic rings. The van der Waals surface area contributed by atoms with Crippen LogP contribution in [0.1, 0.15) is 5.56 Å². The number of amides is 1. The first-order chi connectivity index (χ1) is 15.2. The normalized spacial score (nSPS) is 11.0. The number of hydrazone groups is 1. The van der Waals surface area contributed by atoms with E-state index in [0.29, 0.717) is 16.0 Å². The van der Waals surface area contributed by atoms with E-state index in [-0.39, 0.29) is 11.7 Å². The van der Waals surface area contributed by atoms with Crippen LogP contribution in [0.25, 0.3) is 17.1 Å². The second-order valence-electron chi connectivity index (χ2n) is 6.48. The Morgan fingerprint density at radius 2 is 1.65 bits per heavy atom. The molecule has 6 nitrogen and oxygen atoms in total. The Kier molecular flexibility index (Phi) is 6.76. The molecule has 4 rings (SSSR count). The molecule has 1 heterocycles. The summed E-state index contributed by atoms with van der Waals surface area (Å²) in [4.78, 5) is 12.3. The van der Waals surface area contributed by atoms with Gasteiger partial charge < -0.3 is 0 Å². The zero-order chi connectivity index (χ0) is 21.5. The van der Waals surface area contributed by atoms with Crippen molar-refractivity contribution in [3.63, 3.8) is 0 Å². The van der Waals surface area contributed by atoms with Gasteiger partial charge in [-0.3, -0.25) is 9.36 Å². The minimum atomic E-state index is -0.229. The van der Waals surface area contributed by atoms with Gasteiger partial charge in [-0.05, 0) is 42.0 Å². The maximum Gasteiger partial charge on any atom is 0.250 e. The van der Waals surface area contributed by atoms with E-state index >= 15 is 0 Å². The Morgan fingerprint density at radius 3 is 2.35 bits per heavy atom. The highest BCUT2D eigenvalue weighted by Gasteiger charge is 2.17. The van der Waals surface area contributed by atoms with Crippen LogP contribution in [-0.4, -0.2) is 32.6 Å². The van der Waals surface area contributed by atoms with E-state index in [1.54, 1.807) is 6.21 Å². The van der Waals surface area contributed by atoms with Gasteiger partial charge in [-0.2, -0.15) is 5.10 Å². The second-order valence-corrected chi connectivity index (χ2v) is 7.86. The van der Waals surface area contributed by atoms with Crippen LogP contribution in [0, 0.1) is 0 Å². The molecular formula is C23H18ClN5OS. The van der Waals surface area contributed by atoms with Gasteiger partial charge in [0.2, 0.25) is 0 Å². The third kappa shape index (κ3) is 5.39. The number of halogens is 1. The summed E-state index contributed by atoms with van der Waals surface area (Å²) in [7, 11) is 0. The van der Waals surface area contributed by atoms with Crippen LogP contribution >= 0.6 is 23.4 Å². The van der Waals surface area contributed by atoms with E-state index in [9.17, 15) is 4.79 Å². The molecular weight excluding hydrogens is 430 g/mol. The summed E-state index contributed by atoms with van der Waals surface area (Å²) in [5.74, 6) is 0.596. The number of rotatable bonds is 7. The molecule has 0 saturated carbocycles. The largest absolute Gasteiger partial charge is 0.272 e. The zero-order valence-electron chi connectivity index (χ0n) is 16.4. The first-order valence-corrected chi connectivity index (χ1v) is 10.8. The number of thioether (sulfide) groups is 1. The zero-order valence-corrected chi connectivity index (χ0v) is 17.9. The van der Waals surface area contributed by atoms with Gasteiger partial charge >= 0.3 is 0 Å². The van der Waals surface area contributed by atoms with Crippen LogP contribution in [0.4, 0.5) is 0 Å². The standard InChI is InChI=1S/C23H18ClN5OS/c24-19-13-11-18(12-14-19)22-27-28-23(29(22)20-9-5-2-6-10-20)31-16-21(30)26-25-15-17-7-3-1-4-8-17/h1-15H,16H2,(H,26,30). The van der Waals surface area contributed by atoms with Crippen molar-refractivity contribution >= 4 is 35.5 Å². The van der Waals surface area contributed by atoms with Crippen molar-refractivity contribution in [3.05, 3.63) is 95.5 Å². The van der Waals surface area contributed by atoms with Crippen LogP contribution in [0.3, 0.4) is 0 Å². The van der Waals surface area contributed by atoms with E-state index in [0.717, 1.165) is 16.8 Å². The molecule has 0 bridgehead atoms. The van der Waals surface area contributed by atoms with Gasteiger partial charge in [0.25, 0.3) is 5.91 Å². The maximum absolute atomic E-state index is 12.3. The summed E-state index contributed by atoms with van der Waals surface area (Å²) < 4.78 is 1.93. The first-order valence-electron chi connectivity index (χ1n) is 9.47. The number of para-hydroxylation sites is 1. The molecule has 0 fully saturated rings. The van der Waals surface area contributed by atoms with E-state index in [1.165, 1.54) is 11.8 Å². The Labute approximate surface area is 189 Å². The highest BCUT2D eigenvalue weighted by Crippen LogP contribution is 2.28. The Morgan fingerprint density at radius 1 is 0.968 bits per heavy atom. The SMILES string of the molecule is O=C(CSc1nnc(-c2ccc(Cl)cc2)n1-c1ccccc1)NN=Cc1ccccc1. The molecule has 1 N–H and O–H groups in total. The third-order valence-corrected chi connectivity index (χ3v) is 5.47. The molecule has 0 atom stereocenters. The molecule has 0 unspecified atom stereocenters. The first kappa shape index (κ1) is 20.8. The van der Waals surface area contributed by atoms with E-state index in [2.05, 4.69) is 20.7 Å². The van der Waals surface area contributed by atoms with Crippen LogP contribution in [0.2, 0.25) is 5.02 Å². The predicted molar refractivity (Wildman–Crippen MR) is 125 cm³/mol. The lowest BCUT2D eigenvalue weighted by Gasteiger charge is -2.10. The summed E-state index contributed by atoms with van der Waals surface area (Å²) in [5, 5.41) is 13.9. The fraction of sp³-hybridized carbons (Fsp3) is 0.0435.